The second kappa shape index (κ2) is 4.95. The van der Waals surface area contributed by atoms with Gasteiger partial charge in [-0.1, -0.05) is 43.2 Å². The van der Waals surface area contributed by atoms with Crippen molar-refractivity contribution in [1.29, 1.82) is 0 Å². The van der Waals surface area contributed by atoms with E-state index in [0.29, 0.717) is 0 Å². The summed E-state index contributed by atoms with van der Waals surface area (Å²) in [5.41, 5.74) is 0.999. The van der Waals surface area contributed by atoms with Crippen LogP contribution in [0.1, 0.15) is 31.2 Å². The minimum atomic E-state index is -0.572. The zero-order valence-corrected chi connectivity index (χ0v) is 9.56. The molecule has 1 aliphatic carbocycles. The maximum absolute atomic E-state index is 8.99. The van der Waals surface area contributed by atoms with Gasteiger partial charge in [-0.05, 0) is 18.4 Å². The largest absolute Gasteiger partial charge is 0.352 e. The van der Waals surface area contributed by atoms with Crippen LogP contribution in [0.5, 0.6) is 0 Å². The van der Waals surface area contributed by atoms with Crippen LogP contribution in [0, 0.1) is 0 Å². The van der Waals surface area contributed by atoms with Crippen LogP contribution in [0.15, 0.2) is 30.3 Å². The number of hydrogen-bond donors (Lipinski definition) is 1. The van der Waals surface area contributed by atoms with Crippen molar-refractivity contribution in [1.82, 2.24) is 0 Å². The number of rotatable bonds is 4. The van der Waals surface area contributed by atoms with Crippen molar-refractivity contribution in [2.75, 3.05) is 7.11 Å². The smallest absolute Gasteiger partial charge is 0.200 e. The summed E-state index contributed by atoms with van der Waals surface area (Å²) >= 11 is 0. The fourth-order valence-corrected chi connectivity index (χ4v) is 2.81. The highest BCUT2D eigenvalue weighted by atomic mass is 17.1. The Labute approximate surface area is 95.9 Å². The van der Waals surface area contributed by atoms with Crippen LogP contribution < -0.4 is 0 Å². The first-order chi connectivity index (χ1) is 7.83. The lowest BCUT2D eigenvalue weighted by Crippen LogP contribution is -2.39. The third-order valence-electron chi connectivity index (χ3n) is 3.61. The molecule has 1 atom stereocenters. The van der Waals surface area contributed by atoms with Crippen LogP contribution in [0.2, 0.25) is 0 Å². The molecule has 88 valence electrons. The lowest BCUT2D eigenvalue weighted by atomic mass is 9.78. The Balaban J connectivity index is 2.35. The molecule has 3 heteroatoms. The normalized spacial score (nSPS) is 20.9. The zero-order valence-electron chi connectivity index (χ0n) is 9.56. The van der Waals surface area contributed by atoms with Gasteiger partial charge in [0.2, 0.25) is 0 Å². The standard InChI is InChI=1S/C13H18O3/c1-15-12(16-14)13(9-5-6-10-13)11-7-3-2-4-8-11/h2-4,7-8,12,14H,5-6,9-10H2,1H3. The van der Waals surface area contributed by atoms with Crippen LogP contribution in [-0.2, 0) is 15.0 Å². The van der Waals surface area contributed by atoms with Gasteiger partial charge in [0.05, 0.1) is 0 Å². The Morgan fingerprint density at radius 3 is 2.31 bits per heavy atom. The molecule has 1 N–H and O–H groups in total. The van der Waals surface area contributed by atoms with Crippen molar-refractivity contribution in [3.63, 3.8) is 0 Å². The van der Waals surface area contributed by atoms with E-state index in [2.05, 4.69) is 17.0 Å². The second-order valence-electron chi connectivity index (χ2n) is 4.40. The SMILES string of the molecule is COC(OO)C1(c2ccccc2)CCCC1. The van der Waals surface area contributed by atoms with Crippen LogP contribution in [0.25, 0.3) is 0 Å². The van der Waals surface area contributed by atoms with Gasteiger partial charge in [0.15, 0.2) is 6.29 Å². The molecule has 0 spiro atoms. The first-order valence-corrected chi connectivity index (χ1v) is 5.72. The molecule has 1 aromatic carbocycles. The van der Waals surface area contributed by atoms with E-state index in [4.69, 9.17) is 9.99 Å². The van der Waals surface area contributed by atoms with Crippen molar-refractivity contribution < 1.29 is 14.9 Å². The van der Waals surface area contributed by atoms with E-state index in [1.165, 1.54) is 5.56 Å². The molecule has 0 saturated heterocycles. The van der Waals surface area contributed by atoms with Gasteiger partial charge >= 0.3 is 0 Å². The fourth-order valence-electron chi connectivity index (χ4n) is 2.81. The van der Waals surface area contributed by atoms with Gasteiger partial charge in [0.1, 0.15) is 0 Å². The lowest BCUT2D eigenvalue weighted by molar-refractivity contribution is -0.359. The third-order valence-corrected chi connectivity index (χ3v) is 3.61. The first kappa shape index (κ1) is 11.6. The highest BCUT2D eigenvalue weighted by Crippen LogP contribution is 2.44. The molecule has 1 aromatic rings. The van der Waals surface area contributed by atoms with E-state index in [1.54, 1.807) is 7.11 Å². The molecular weight excluding hydrogens is 204 g/mol. The molecule has 0 amide bonds. The maximum Gasteiger partial charge on any atom is 0.200 e. The first-order valence-electron chi connectivity index (χ1n) is 5.72. The molecule has 1 saturated carbocycles. The van der Waals surface area contributed by atoms with Crippen molar-refractivity contribution in [3.05, 3.63) is 35.9 Å². The van der Waals surface area contributed by atoms with Crippen molar-refractivity contribution in [2.24, 2.45) is 0 Å². The Hall–Kier alpha value is -0.900. The van der Waals surface area contributed by atoms with Gasteiger partial charge in [-0.25, -0.2) is 10.1 Å². The van der Waals surface area contributed by atoms with Gasteiger partial charge in [0, 0.05) is 12.5 Å². The van der Waals surface area contributed by atoms with Crippen molar-refractivity contribution >= 4 is 0 Å². The Morgan fingerprint density at radius 2 is 1.81 bits per heavy atom. The van der Waals surface area contributed by atoms with E-state index in [-0.39, 0.29) is 5.41 Å². The topological polar surface area (TPSA) is 38.7 Å². The Bertz CT molecular complexity index is 313. The van der Waals surface area contributed by atoms with Crippen LogP contribution in [0.4, 0.5) is 0 Å². The van der Waals surface area contributed by atoms with E-state index < -0.39 is 6.29 Å². The summed E-state index contributed by atoms with van der Waals surface area (Å²) in [6, 6.07) is 10.2. The minimum absolute atomic E-state index is 0.190. The monoisotopic (exact) mass is 222 g/mol. The molecule has 1 unspecified atom stereocenters. The fraction of sp³-hybridized carbons (Fsp3) is 0.538. The molecule has 3 nitrogen and oxygen atoms in total. The summed E-state index contributed by atoms with van der Waals surface area (Å²) in [6.45, 7) is 0. The molecular formula is C13H18O3. The van der Waals surface area contributed by atoms with E-state index in [1.807, 2.05) is 18.2 Å². The number of hydrogen-bond acceptors (Lipinski definition) is 3. The maximum atomic E-state index is 8.99. The van der Waals surface area contributed by atoms with Gasteiger partial charge in [-0.15, -0.1) is 0 Å². The molecule has 1 aliphatic rings. The summed E-state index contributed by atoms with van der Waals surface area (Å²) in [4.78, 5) is 4.52. The minimum Gasteiger partial charge on any atom is -0.352 e. The second-order valence-corrected chi connectivity index (χ2v) is 4.40. The quantitative estimate of drug-likeness (QED) is 0.483. The number of benzene rings is 1. The molecule has 16 heavy (non-hydrogen) atoms. The van der Waals surface area contributed by atoms with Crippen LogP contribution >= 0.6 is 0 Å². The highest BCUT2D eigenvalue weighted by molar-refractivity contribution is 5.27. The molecule has 0 aliphatic heterocycles. The van der Waals surface area contributed by atoms with Crippen LogP contribution in [-0.4, -0.2) is 18.7 Å². The van der Waals surface area contributed by atoms with E-state index in [9.17, 15) is 0 Å². The lowest BCUT2D eigenvalue weighted by Gasteiger charge is -2.34. The summed E-state index contributed by atoms with van der Waals surface area (Å²) in [5, 5.41) is 8.99. The van der Waals surface area contributed by atoms with Gasteiger partial charge in [-0.3, -0.25) is 0 Å². The summed E-state index contributed by atoms with van der Waals surface area (Å²) in [7, 11) is 1.57. The summed E-state index contributed by atoms with van der Waals surface area (Å²) < 4.78 is 5.27. The molecule has 0 heterocycles. The molecule has 0 aromatic heterocycles. The van der Waals surface area contributed by atoms with Gasteiger partial charge in [0.25, 0.3) is 0 Å². The summed E-state index contributed by atoms with van der Waals surface area (Å²) in [5.74, 6) is 0. The average molecular weight is 222 g/mol. The third kappa shape index (κ3) is 1.86. The van der Waals surface area contributed by atoms with Crippen LogP contribution in [0.3, 0.4) is 0 Å². The average Bonchev–Trinajstić information content (AvgIpc) is 2.82. The molecule has 1 fully saturated rings. The highest BCUT2D eigenvalue weighted by Gasteiger charge is 2.44. The summed E-state index contributed by atoms with van der Waals surface area (Å²) in [6.07, 6.45) is 3.72. The Morgan fingerprint density at radius 1 is 1.19 bits per heavy atom. The predicted octanol–water partition coefficient (Wildman–Crippen LogP) is 2.96. The van der Waals surface area contributed by atoms with Crippen molar-refractivity contribution in [3.8, 4) is 0 Å². The Kier molecular flexibility index (Phi) is 3.59. The number of ether oxygens (including phenoxy) is 1. The zero-order chi connectivity index (χ0) is 11.4. The molecule has 0 bridgehead atoms. The number of methoxy groups -OCH3 is 1. The van der Waals surface area contributed by atoms with Crippen molar-refractivity contribution in [2.45, 2.75) is 37.4 Å². The van der Waals surface area contributed by atoms with Gasteiger partial charge < -0.3 is 4.74 Å². The van der Waals surface area contributed by atoms with E-state index in [0.717, 1.165) is 25.7 Å². The van der Waals surface area contributed by atoms with Gasteiger partial charge in [-0.2, -0.15) is 0 Å². The molecule has 0 radical (unpaired) electrons. The predicted molar refractivity (Wildman–Crippen MR) is 61.1 cm³/mol. The molecule has 2 rings (SSSR count). The van der Waals surface area contributed by atoms with E-state index >= 15 is 0 Å².